The summed E-state index contributed by atoms with van der Waals surface area (Å²) in [6.45, 7) is 0.516. The lowest BCUT2D eigenvalue weighted by molar-refractivity contribution is 1.07. The largest absolute Gasteiger partial charge is 0.326 e. The third-order valence-corrected chi connectivity index (χ3v) is 4.22. The van der Waals surface area contributed by atoms with Gasteiger partial charge in [-0.05, 0) is 17.7 Å². The lowest BCUT2D eigenvalue weighted by Crippen LogP contribution is -1.95. The van der Waals surface area contributed by atoms with E-state index in [1.54, 1.807) is 29.3 Å². The summed E-state index contributed by atoms with van der Waals surface area (Å²) in [6, 6.07) is 5.87. The number of nitrogens with two attached hydrogens (primary N) is 1. The lowest BCUT2D eigenvalue weighted by Gasteiger charge is -2.03. The van der Waals surface area contributed by atoms with E-state index in [-0.39, 0.29) is 0 Å². The van der Waals surface area contributed by atoms with Gasteiger partial charge in [-0.1, -0.05) is 29.4 Å². The molecular weight excluding hydrogens is 248 g/mol. The van der Waals surface area contributed by atoms with Crippen LogP contribution in [0.5, 0.6) is 0 Å². The number of hydrogen-bond donors (Lipinski definition) is 1. The molecule has 0 saturated heterocycles. The van der Waals surface area contributed by atoms with E-state index in [2.05, 4.69) is 4.98 Å². The van der Waals surface area contributed by atoms with Crippen molar-refractivity contribution in [1.29, 1.82) is 0 Å². The molecule has 0 aliphatic rings. The molecule has 1 aromatic carbocycles. The molecule has 1 heterocycles. The molecule has 0 amide bonds. The van der Waals surface area contributed by atoms with Crippen LogP contribution in [0.25, 0.3) is 0 Å². The van der Waals surface area contributed by atoms with Gasteiger partial charge in [0.2, 0.25) is 0 Å². The smallest absolute Gasteiger partial charge is 0.154 e. The summed E-state index contributed by atoms with van der Waals surface area (Å²) in [5.41, 5.74) is 6.57. The predicted octanol–water partition coefficient (Wildman–Crippen LogP) is 3.41. The van der Waals surface area contributed by atoms with E-state index in [9.17, 15) is 0 Å². The Bertz CT molecular complexity index is 443. The molecule has 2 rings (SSSR count). The Labute approximate surface area is 101 Å². The average Bonchev–Trinajstić information content (AvgIpc) is 2.74. The third kappa shape index (κ3) is 2.72. The number of benzene rings is 1. The number of rotatable bonds is 3. The molecule has 0 bridgehead atoms. The summed E-state index contributed by atoms with van der Waals surface area (Å²) in [7, 11) is 0. The molecule has 0 fully saturated rings. The van der Waals surface area contributed by atoms with Gasteiger partial charge in [-0.2, -0.15) is 0 Å². The second-order valence-electron chi connectivity index (χ2n) is 2.87. The van der Waals surface area contributed by atoms with Crippen LogP contribution in [0.1, 0.15) is 5.56 Å². The van der Waals surface area contributed by atoms with Gasteiger partial charge < -0.3 is 5.73 Å². The van der Waals surface area contributed by atoms with Crippen molar-refractivity contribution in [2.24, 2.45) is 5.73 Å². The van der Waals surface area contributed by atoms with Crippen LogP contribution in [-0.2, 0) is 6.54 Å². The standard InChI is InChI=1S/C10H9ClN2S2/c11-8-5-7(6-12)1-2-9(8)15-10-13-3-4-14-10/h1-5H,6,12H2. The topological polar surface area (TPSA) is 38.9 Å². The summed E-state index contributed by atoms with van der Waals surface area (Å²) in [6.07, 6.45) is 1.79. The molecule has 0 atom stereocenters. The van der Waals surface area contributed by atoms with Gasteiger partial charge >= 0.3 is 0 Å². The molecule has 2 N–H and O–H groups in total. The van der Waals surface area contributed by atoms with Gasteiger partial charge in [0, 0.05) is 23.0 Å². The zero-order valence-corrected chi connectivity index (χ0v) is 10.2. The van der Waals surface area contributed by atoms with E-state index in [1.807, 2.05) is 23.6 Å². The Balaban J connectivity index is 2.22. The maximum absolute atomic E-state index is 6.13. The zero-order chi connectivity index (χ0) is 10.7. The Hall–Kier alpha value is -0.550. The van der Waals surface area contributed by atoms with Crippen LogP contribution in [-0.4, -0.2) is 4.98 Å². The number of thiazole rings is 1. The highest BCUT2D eigenvalue weighted by molar-refractivity contribution is 8.01. The summed E-state index contributed by atoms with van der Waals surface area (Å²) < 4.78 is 0.998. The predicted molar refractivity (Wildman–Crippen MR) is 65.6 cm³/mol. The van der Waals surface area contributed by atoms with Gasteiger partial charge in [-0.15, -0.1) is 11.3 Å². The second kappa shape index (κ2) is 4.99. The highest BCUT2D eigenvalue weighted by Gasteiger charge is 2.05. The highest BCUT2D eigenvalue weighted by Crippen LogP contribution is 2.34. The lowest BCUT2D eigenvalue weighted by atomic mass is 10.2. The van der Waals surface area contributed by atoms with E-state index >= 15 is 0 Å². The molecule has 5 heteroatoms. The maximum atomic E-state index is 6.13. The molecule has 0 unspecified atom stereocenters. The molecule has 0 aliphatic carbocycles. The van der Waals surface area contributed by atoms with Gasteiger partial charge in [-0.25, -0.2) is 4.98 Å². The van der Waals surface area contributed by atoms with Gasteiger partial charge in [-0.3, -0.25) is 0 Å². The van der Waals surface area contributed by atoms with Crippen molar-refractivity contribution in [2.75, 3.05) is 0 Å². The molecule has 0 aliphatic heterocycles. The first-order valence-electron chi connectivity index (χ1n) is 4.35. The molecule has 15 heavy (non-hydrogen) atoms. The third-order valence-electron chi connectivity index (χ3n) is 1.84. The fourth-order valence-corrected chi connectivity index (χ4v) is 3.01. The Kier molecular flexibility index (Phi) is 3.64. The van der Waals surface area contributed by atoms with Crippen LogP contribution < -0.4 is 5.73 Å². The SMILES string of the molecule is NCc1ccc(Sc2nccs2)c(Cl)c1. The summed E-state index contributed by atoms with van der Waals surface area (Å²) in [4.78, 5) is 5.21. The number of hydrogen-bond acceptors (Lipinski definition) is 4. The van der Waals surface area contributed by atoms with Crippen molar-refractivity contribution in [3.8, 4) is 0 Å². The van der Waals surface area contributed by atoms with E-state index in [1.165, 1.54) is 0 Å². The minimum atomic E-state index is 0.516. The molecule has 0 saturated carbocycles. The first-order valence-corrected chi connectivity index (χ1v) is 6.43. The molecule has 0 spiro atoms. The van der Waals surface area contributed by atoms with E-state index in [0.717, 1.165) is 19.8 Å². The van der Waals surface area contributed by atoms with Gasteiger partial charge in [0.15, 0.2) is 4.34 Å². The van der Waals surface area contributed by atoms with E-state index in [4.69, 9.17) is 17.3 Å². The zero-order valence-electron chi connectivity index (χ0n) is 7.81. The molecule has 78 valence electrons. The van der Waals surface area contributed by atoms with Crippen LogP contribution in [0.4, 0.5) is 0 Å². The van der Waals surface area contributed by atoms with Crippen molar-refractivity contribution in [3.63, 3.8) is 0 Å². The first kappa shape index (κ1) is 11.0. The van der Waals surface area contributed by atoms with Crippen LogP contribution in [0, 0.1) is 0 Å². The van der Waals surface area contributed by atoms with Crippen molar-refractivity contribution in [3.05, 3.63) is 40.4 Å². The van der Waals surface area contributed by atoms with Crippen molar-refractivity contribution in [1.82, 2.24) is 4.98 Å². The van der Waals surface area contributed by atoms with Gasteiger partial charge in [0.05, 0.1) is 5.02 Å². The Morgan fingerprint density at radius 1 is 1.47 bits per heavy atom. The molecule has 2 aromatic rings. The van der Waals surface area contributed by atoms with Crippen molar-refractivity contribution in [2.45, 2.75) is 15.8 Å². The van der Waals surface area contributed by atoms with Crippen LogP contribution >= 0.6 is 34.7 Å². The van der Waals surface area contributed by atoms with Crippen molar-refractivity contribution < 1.29 is 0 Å². The number of nitrogens with zero attached hydrogens (tertiary/aromatic N) is 1. The van der Waals surface area contributed by atoms with E-state index in [0.29, 0.717) is 6.54 Å². The normalized spacial score (nSPS) is 10.5. The fourth-order valence-electron chi connectivity index (χ4n) is 1.11. The second-order valence-corrected chi connectivity index (χ2v) is 5.46. The van der Waals surface area contributed by atoms with Crippen LogP contribution in [0.3, 0.4) is 0 Å². The van der Waals surface area contributed by atoms with Gasteiger partial charge in [0.1, 0.15) is 0 Å². The minimum Gasteiger partial charge on any atom is -0.326 e. The summed E-state index contributed by atoms with van der Waals surface area (Å²) >= 11 is 9.31. The molecule has 1 aromatic heterocycles. The van der Waals surface area contributed by atoms with E-state index < -0.39 is 0 Å². The van der Waals surface area contributed by atoms with Gasteiger partial charge in [0.25, 0.3) is 0 Å². The number of aromatic nitrogens is 1. The summed E-state index contributed by atoms with van der Waals surface area (Å²) in [5.74, 6) is 0. The average molecular weight is 257 g/mol. The number of halogens is 1. The maximum Gasteiger partial charge on any atom is 0.154 e. The minimum absolute atomic E-state index is 0.516. The molecule has 2 nitrogen and oxygen atoms in total. The Morgan fingerprint density at radius 3 is 2.93 bits per heavy atom. The first-order chi connectivity index (χ1) is 7.29. The highest BCUT2D eigenvalue weighted by atomic mass is 35.5. The van der Waals surface area contributed by atoms with Crippen LogP contribution in [0.2, 0.25) is 5.02 Å². The van der Waals surface area contributed by atoms with Crippen molar-refractivity contribution >= 4 is 34.7 Å². The van der Waals surface area contributed by atoms with Crippen LogP contribution in [0.15, 0.2) is 39.0 Å². The monoisotopic (exact) mass is 256 g/mol. The summed E-state index contributed by atoms with van der Waals surface area (Å²) in [5, 5.41) is 2.68. The Morgan fingerprint density at radius 2 is 2.33 bits per heavy atom. The molecular formula is C10H9ClN2S2. The fraction of sp³-hybridized carbons (Fsp3) is 0.100. The quantitative estimate of drug-likeness (QED) is 0.915. The molecule has 0 radical (unpaired) electrons.